The molecule has 5 rings (SSSR count). The van der Waals surface area contributed by atoms with E-state index in [-0.39, 0.29) is 11.6 Å². The highest BCUT2D eigenvalue weighted by Crippen LogP contribution is 2.30. The van der Waals surface area contributed by atoms with E-state index in [0.29, 0.717) is 23.5 Å². The van der Waals surface area contributed by atoms with Crippen molar-refractivity contribution in [2.75, 3.05) is 11.9 Å². The Bertz CT molecular complexity index is 1350. The smallest absolute Gasteiger partial charge is 0.356 e. The number of carbonyl (C=O) groups excluding carboxylic acids is 1. The van der Waals surface area contributed by atoms with Crippen LogP contribution in [0, 0.1) is 0 Å². The Kier molecular flexibility index (Phi) is 4.87. The number of aromatic nitrogens is 3. The molecule has 2 aromatic carbocycles. The molecule has 158 valence electrons. The number of nitrogens with one attached hydrogen (secondary N) is 1. The van der Waals surface area contributed by atoms with E-state index in [1.807, 2.05) is 12.1 Å². The maximum Gasteiger partial charge on any atom is 0.356 e. The second-order valence-electron chi connectivity index (χ2n) is 7.31. The summed E-state index contributed by atoms with van der Waals surface area (Å²) in [6, 6.07) is 16.2. The third-order valence-electron chi connectivity index (χ3n) is 5.23. The number of ether oxygens (including phenoxy) is 1. The molecule has 1 aliphatic heterocycles. The quantitative estimate of drug-likeness (QED) is 0.503. The number of anilines is 1. The number of aromatic carboxylic acids is 1. The number of amides is 1. The number of para-hydroxylation sites is 2. The summed E-state index contributed by atoms with van der Waals surface area (Å²) < 4.78 is 6.98. The fourth-order valence-corrected chi connectivity index (χ4v) is 3.63. The summed E-state index contributed by atoms with van der Waals surface area (Å²) >= 11 is 0. The number of fused-ring (bicyclic) bond motifs is 1. The number of hydrogen-bond donors (Lipinski definition) is 2. The summed E-state index contributed by atoms with van der Waals surface area (Å²) in [7, 11) is 0. The molecule has 1 amide bonds. The van der Waals surface area contributed by atoms with Gasteiger partial charge in [-0.25, -0.2) is 9.48 Å². The highest BCUT2D eigenvalue weighted by molar-refractivity contribution is 6.05. The topological polar surface area (TPSA) is 106 Å². The van der Waals surface area contributed by atoms with Crippen molar-refractivity contribution in [2.45, 2.75) is 6.42 Å². The molecule has 2 N–H and O–H groups in total. The van der Waals surface area contributed by atoms with Crippen LogP contribution in [0.15, 0.2) is 73.2 Å². The number of nitrogens with zero attached hydrogens (tertiary/aromatic N) is 3. The van der Waals surface area contributed by atoms with Gasteiger partial charge < -0.3 is 15.2 Å². The van der Waals surface area contributed by atoms with Gasteiger partial charge in [-0.2, -0.15) is 5.10 Å². The van der Waals surface area contributed by atoms with Crippen LogP contribution in [0.4, 0.5) is 5.69 Å². The molecule has 0 aliphatic carbocycles. The lowest BCUT2D eigenvalue weighted by molar-refractivity contribution is 0.0689. The molecule has 4 aromatic rings. The Morgan fingerprint density at radius 3 is 2.75 bits per heavy atom. The molecule has 8 nitrogen and oxygen atoms in total. The lowest BCUT2D eigenvalue weighted by atomic mass is 10.0. The van der Waals surface area contributed by atoms with Gasteiger partial charge in [-0.3, -0.25) is 9.78 Å². The van der Waals surface area contributed by atoms with Crippen molar-refractivity contribution in [3.8, 4) is 22.6 Å². The van der Waals surface area contributed by atoms with E-state index >= 15 is 0 Å². The molecule has 2 aromatic heterocycles. The van der Waals surface area contributed by atoms with Crippen molar-refractivity contribution in [1.82, 2.24) is 14.8 Å². The van der Waals surface area contributed by atoms with E-state index in [9.17, 15) is 9.59 Å². The standard InChI is InChI=1S/C24H18N4O4/c29-23(26-19-3-1-2-4-21(19)28-9-7-20(27-28)24(30)31)18-12-17(13-25-14-18)15-5-6-22-16(11-15)8-10-32-22/h1-7,9,11-14H,8,10H2,(H,26,29)(H,30,31). The number of pyridine rings is 1. The van der Waals surface area contributed by atoms with Crippen molar-refractivity contribution in [2.24, 2.45) is 0 Å². The van der Waals surface area contributed by atoms with Crippen LogP contribution in [0.3, 0.4) is 0 Å². The molecule has 0 fully saturated rings. The monoisotopic (exact) mass is 426 g/mol. The van der Waals surface area contributed by atoms with E-state index in [1.165, 1.54) is 23.1 Å². The van der Waals surface area contributed by atoms with Crippen LogP contribution in [0.1, 0.15) is 26.4 Å². The van der Waals surface area contributed by atoms with Gasteiger partial charge in [-0.05, 0) is 47.5 Å². The van der Waals surface area contributed by atoms with Crippen LogP contribution in [-0.4, -0.2) is 38.4 Å². The Labute approximate surface area is 183 Å². The molecule has 0 atom stereocenters. The zero-order valence-electron chi connectivity index (χ0n) is 16.9. The Hall–Kier alpha value is -4.46. The molecular formula is C24H18N4O4. The molecule has 0 unspecified atom stereocenters. The fourth-order valence-electron chi connectivity index (χ4n) is 3.63. The summed E-state index contributed by atoms with van der Waals surface area (Å²) in [6.07, 6.45) is 5.63. The van der Waals surface area contributed by atoms with Gasteiger partial charge in [-0.1, -0.05) is 18.2 Å². The first-order chi connectivity index (χ1) is 15.6. The van der Waals surface area contributed by atoms with Crippen LogP contribution < -0.4 is 10.1 Å². The Balaban J connectivity index is 1.41. The number of benzene rings is 2. The first-order valence-corrected chi connectivity index (χ1v) is 9.99. The number of carboxylic acid groups (broad SMARTS) is 1. The molecule has 0 saturated carbocycles. The molecule has 0 bridgehead atoms. The summed E-state index contributed by atoms with van der Waals surface area (Å²) in [5.74, 6) is -0.551. The largest absolute Gasteiger partial charge is 0.493 e. The van der Waals surface area contributed by atoms with Gasteiger partial charge in [0.25, 0.3) is 5.91 Å². The van der Waals surface area contributed by atoms with Crippen LogP contribution in [0.25, 0.3) is 16.8 Å². The summed E-state index contributed by atoms with van der Waals surface area (Å²) in [5, 5.41) is 16.0. The van der Waals surface area contributed by atoms with Crippen molar-refractivity contribution in [3.05, 3.63) is 90.0 Å². The third kappa shape index (κ3) is 3.69. The molecule has 1 aliphatic rings. The molecule has 0 spiro atoms. The average molecular weight is 426 g/mol. The molecule has 8 heteroatoms. The van der Waals surface area contributed by atoms with E-state index in [4.69, 9.17) is 9.84 Å². The van der Waals surface area contributed by atoms with E-state index in [0.717, 1.165) is 28.9 Å². The minimum Gasteiger partial charge on any atom is -0.493 e. The van der Waals surface area contributed by atoms with Gasteiger partial charge in [0.2, 0.25) is 0 Å². The molecule has 0 saturated heterocycles. The minimum absolute atomic E-state index is 0.0808. The summed E-state index contributed by atoms with van der Waals surface area (Å²) in [4.78, 5) is 28.4. The number of carboxylic acids is 1. The highest BCUT2D eigenvalue weighted by Gasteiger charge is 2.16. The normalized spacial score (nSPS) is 12.1. The second kappa shape index (κ2) is 7.99. The summed E-state index contributed by atoms with van der Waals surface area (Å²) in [6.45, 7) is 0.684. The first kappa shape index (κ1) is 19.5. The first-order valence-electron chi connectivity index (χ1n) is 9.99. The van der Waals surface area contributed by atoms with Crippen LogP contribution in [0.5, 0.6) is 5.75 Å². The fraction of sp³-hybridized carbons (Fsp3) is 0.0833. The van der Waals surface area contributed by atoms with Crippen molar-refractivity contribution >= 4 is 17.6 Å². The average Bonchev–Trinajstić information content (AvgIpc) is 3.49. The molecule has 3 heterocycles. The van der Waals surface area contributed by atoms with Gasteiger partial charge in [0.05, 0.1) is 23.5 Å². The lowest BCUT2D eigenvalue weighted by Gasteiger charge is -2.12. The van der Waals surface area contributed by atoms with Gasteiger partial charge in [0.15, 0.2) is 5.69 Å². The number of hydrogen-bond acceptors (Lipinski definition) is 5. The third-order valence-corrected chi connectivity index (χ3v) is 5.23. The highest BCUT2D eigenvalue weighted by atomic mass is 16.5. The number of carbonyl (C=O) groups is 2. The number of rotatable bonds is 5. The zero-order chi connectivity index (χ0) is 22.1. The maximum atomic E-state index is 13.0. The molecule has 32 heavy (non-hydrogen) atoms. The van der Waals surface area contributed by atoms with Crippen LogP contribution >= 0.6 is 0 Å². The van der Waals surface area contributed by atoms with Gasteiger partial charge in [0.1, 0.15) is 5.75 Å². The predicted octanol–water partition coefficient (Wildman–Crippen LogP) is 3.82. The van der Waals surface area contributed by atoms with Crippen molar-refractivity contribution in [3.63, 3.8) is 0 Å². The van der Waals surface area contributed by atoms with Gasteiger partial charge in [-0.15, -0.1) is 0 Å². The van der Waals surface area contributed by atoms with Crippen molar-refractivity contribution in [1.29, 1.82) is 0 Å². The van der Waals surface area contributed by atoms with Crippen molar-refractivity contribution < 1.29 is 19.4 Å². The van der Waals surface area contributed by atoms with E-state index < -0.39 is 5.97 Å². The minimum atomic E-state index is -1.12. The second-order valence-corrected chi connectivity index (χ2v) is 7.31. The lowest BCUT2D eigenvalue weighted by Crippen LogP contribution is -2.14. The Morgan fingerprint density at radius 2 is 1.91 bits per heavy atom. The van der Waals surface area contributed by atoms with E-state index in [2.05, 4.69) is 21.5 Å². The van der Waals surface area contributed by atoms with Crippen LogP contribution in [-0.2, 0) is 6.42 Å². The predicted molar refractivity (Wildman–Crippen MR) is 117 cm³/mol. The summed E-state index contributed by atoms with van der Waals surface area (Å²) in [5.41, 5.74) is 4.32. The van der Waals surface area contributed by atoms with E-state index in [1.54, 1.807) is 36.5 Å². The molecular weight excluding hydrogens is 408 g/mol. The Morgan fingerprint density at radius 1 is 1.03 bits per heavy atom. The molecule has 0 radical (unpaired) electrons. The van der Waals surface area contributed by atoms with Gasteiger partial charge in [0, 0.05) is 30.6 Å². The van der Waals surface area contributed by atoms with Crippen LogP contribution in [0.2, 0.25) is 0 Å². The SMILES string of the molecule is O=C(Nc1ccccc1-n1ccc(C(=O)O)n1)c1cncc(-c2ccc3c(c2)CCO3)c1. The van der Waals surface area contributed by atoms with Gasteiger partial charge >= 0.3 is 5.97 Å². The maximum absolute atomic E-state index is 13.0. The zero-order valence-corrected chi connectivity index (χ0v) is 16.9.